The molecule has 12 heteroatoms. The fourth-order valence-electron chi connectivity index (χ4n) is 4.06. The van der Waals surface area contributed by atoms with Gasteiger partial charge in [-0.2, -0.15) is 18.3 Å². The number of carbonyl (C=O) groups excluding carboxylic acids is 2. The summed E-state index contributed by atoms with van der Waals surface area (Å²) in [6, 6.07) is 4.53. The van der Waals surface area contributed by atoms with Crippen LogP contribution in [0.15, 0.2) is 36.7 Å². The minimum Gasteiger partial charge on any atom is -0.365 e. The molecule has 3 aromatic rings. The predicted molar refractivity (Wildman–Crippen MR) is 135 cm³/mol. The van der Waals surface area contributed by atoms with Gasteiger partial charge in [0.1, 0.15) is 5.82 Å². The van der Waals surface area contributed by atoms with Crippen molar-refractivity contribution in [1.82, 2.24) is 14.8 Å². The summed E-state index contributed by atoms with van der Waals surface area (Å²) in [4.78, 5) is 32.1. The summed E-state index contributed by atoms with van der Waals surface area (Å²) < 4.78 is 40.9. The van der Waals surface area contributed by atoms with Gasteiger partial charge >= 0.3 is 6.18 Å². The van der Waals surface area contributed by atoms with Crippen LogP contribution in [0.3, 0.4) is 0 Å². The number of anilines is 3. The summed E-state index contributed by atoms with van der Waals surface area (Å²) in [7, 11) is 0. The number of fused-ring (bicyclic) bond motifs is 1. The molecule has 0 saturated carbocycles. The number of hydrogen-bond donors (Lipinski definition) is 2. The average Bonchev–Trinajstić information content (AvgIpc) is 3.20. The largest absolute Gasteiger partial charge is 0.417 e. The van der Waals surface area contributed by atoms with Gasteiger partial charge in [-0.1, -0.05) is 11.6 Å². The Labute approximate surface area is 216 Å². The topological polar surface area (TPSA) is 92.2 Å². The van der Waals surface area contributed by atoms with E-state index in [0.717, 1.165) is 17.7 Å². The lowest BCUT2D eigenvalue weighted by molar-refractivity contribution is -0.137. The fourth-order valence-corrected chi connectivity index (χ4v) is 4.34. The Balaban J connectivity index is 1.60. The van der Waals surface area contributed by atoms with Gasteiger partial charge in [0.2, 0.25) is 0 Å². The van der Waals surface area contributed by atoms with E-state index < -0.39 is 28.6 Å². The lowest BCUT2D eigenvalue weighted by Gasteiger charge is -2.32. The zero-order chi connectivity index (χ0) is 27.3. The summed E-state index contributed by atoms with van der Waals surface area (Å²) in [5.41, 5.74) is 0.369. The standard InChI is InChI=1S/C25H26ClF3N6O2/c1-13-8-15(10-30-21(13)33-24(3,4)5)22(36)32-19-11-31-35-14(2)12-34(23(37)20(19)35)16-6-7-17(18(26)9-16)25(27,28)29/h6-11,14H,12H2,1-5H3,(H,30,33)(H,32,36)/t14-/m0/s1. The molecular weight excluding hydrogens is 509 g/mol. The number of benzene rings is 1. The van der Waals surface area contributed by atoms with Crippen molar-refractivity contribution in [2.75, 3.05) is 22.1 Å². The number of rotatable bonds is 4. The maximum absolute atomic E-state index is 13.4. The summed E-state index contributed by atoms with van der Waals surface area (Å²) in [5.74, 6) is -0.355. The molecule has 1 aliphatic heterocycles. The van der Waals surface area contributed by atoms with E-state index in [1.165, 1.54) is 28.0 Å². The number of pyridine rings is 1. The number of alkyl halides is 3. The summed E-state index contributed by atoms with van der Waals surface area (Å²) in [6.45, 7) is 9.79. The molecule has 0 spiro atoms. The van der Waals surface area contributed by atoms with Crippen LogP contribution in [0.4, 0.5) is 30.4 Å². The Morgan fingerprint density at radius 2 is 1.86 bits per heavy atom. The van der Waals surface area contributed by atoms with Gasteiger partial charge in [0.25, 0.3) is 11.8 Å². The minimum atomic E-state index is -4.61. The zero-order valence-electron chi connectivity index (χ0n) is 20.9. The molecule has 8 nitrogen and oxygen atoms in total. The van der Waals surface area contributed by atoms with Crippen LogP contribution in [0.1, 0.15) is 65.7 Å². The summed E-state index contributed by atoms with van der Waals surface area (Å²) >= 11 is 5.88. The molecule has 2 N–H and O–H groups in total. The lowest BCUT2D eigenvalue weighted by atomic mass is 10.1. The van der Waals surface area contributed by atoms with E-state index in [1.807, 2.05) is 34.6 Å². The maximum Gasteiger partial charge on any atom is 0.417 e. The van der Waals surface area contributed by atoms with Crippen molar-refractivity contribution in [3.05, 3.63) is 64.1 Å². The Morgan fingerprint density at radius 3 is 2.46 bits per heavy atom. The molecule has 2 aromatic heterocycles. The van der Waals surface area contributed by atoms with Gasteiger partial charge in [0, 0.05) is 24.0 Å². The molecule has 196 valence electrons. The van der Waals surface area contributed by atoms with E-state index in [9.17, 15) is 22.8 Å². The van der Waals surface area contributed by atoms with E-state index in [2.05, 4.69) is 20.7 Å². The predicted octanol–water partition coefficient (Wildman–Crippen LogP) is 5.94. The Kier molecular flexibility index (Phi) is 6.70. The van der Waals surface area contributed by atoms with E-state index in [4.69, 9.17) is 11.6 Å². The second kappa shape index (κ2) is 9.37. The molecule has 0 radical (unpaired) electrons. The molecule has 1 aliphatic rings. The molecule has 2 amide bonds. The highest BCUT2D eigenvalue weighted by Crippen LogP contribution is 2.38. The van der Waals surface area contributed by atoms with Gasteiger partial charge in [0.05, 0.1) is 34.1 Å². The third-order valence-electron chi connectivity index (χ3n) is 5.76. The molecule has 0 unspecified atom stereocenters. The van der Waals surface area contributed by atoms with Crippen LogP contribution in [-0.4, -0.2) is 38.7 Å². The molecule has 0 fully saturated rings. The zero-order valence-corrected chi connectivity index (χ0v) is 21.6. The number of hydrogen-bond acceptors (Lipinski definition) is 5. The van der Waals surface area contributed by atoms with Crippen molar-refractivity contribution in [2.24, 2.45) is 0 Å². The van der Waals surface area contributed by atoms with E-state index in [1.54, 1.807) is 6.07 Å². The van der Waals surface area contributed by atoms with Crippen LogP contribution in [0.2, 0.25) is 5.02 Å². The number of nitrogens with zero attached hydrogens (tertiary/aromatic N) is 4. The first-order valence-electron chi connectivity index (χ1n) is 11.5. The fraction of sp³-hybridized carbons (Fsp3) is 0.360. The Hall–Kier alpha value is -3.60. The van der Waals surface area contributed by atoms with E-state index in [-0.39, 0.29) is 35.2 Å². The number of halogens is 4. The van der Waals surface area contributed by atoms with Gasteiger partial charge in [-0.3, -0.25) is 14.3 Å². The maximum atomic E-state index is 13.4. The van der Waals surface area contributed by atoms with Gasteiger partial charge in [-0.05, 0) is 64.4 Å². The number of aromatic nitrogens is 3. The normalized spacial score (nSPS) is 16.0. The van der Waals surface area contributed by atoms with Crippen LogP contribution in [0.5, 0.6) is 0 Å². The molecule has 1 atom stereocenters. The number of aryl methyl sites for hydroxylation is 1. The Morgan fingerprint density at radius 1 is 1.16 bits per heavy atom. The van der Waals surface area contributed by atoms with Crippen LogP contribution in [-0.2, 0) is 6.18 Å². The highest BCUT2D eigenvalue weighted by molar-refractivity contribution is 6.31. The van der Waals surface area contributed by atoms with Crippen molar-refractivity contribution in [1.29, 1.82) is 0 Å². The lowest BCUT2D eigenvalue weighted by Crippen LogP contribution is -2.43. The molecular formula is C25H26ClF3N6O2. The molecule has 0 bridgehead atoms. The van der Waals surface area contributed by atoms with Crippen molar-refractivity contribution in [2.45, 2.75) is 52.4 Å². The van der Waals surface area contributed by atoms with Crippen LogP contribution < -0.4 is 15.5 Å². The number of carbonyl (C=O) groups is 2. The van der Waals surface area contributed by atoms with Crippen molar-refractivity contribution >= 4 is 40.6 Å². The van der Waals surface area contributed by atoms with Crippen LogP contribution in [0, 0.1) is 6.92 Å². The van der Waals surface area contributed by atoms with E-state index in [0.29, 0.717) is 11.4 Å². The SMILES string of the molecule is Cc1cc(C(=O)Nc2cnn3c2C(=O)N(c2ccc(C(F)(F)F)c(Cl)c2)C[C@@H]3C)cnc1NC(C)(C)C. The highest BCUT2D eigenvalue weighted by atomic mass is 35.5. The van der Waals surface area contributed by atoms with Crippen molar-refractivity contribution < 1.29 is 22.8 Å². The highest BCUT2D eigenvalue weighted by Gasteiger charge is 2.36. The van der Waals surface area contributed by atoms with Crippen molar-refractivity contribution in [3.8, 4) is 0 Å². The van der Waals surface area contributed by atoms with E-state index >= 15 is 0 Å². The van der Waals surface area contributed by atoms with Crippen LogP contribution >= 0.6 is 11.6 Å². The molecule has 4 rings (SSSR count). The molecule has 1 aromatic carbocycles. The third kappa shape index (κ3) is 5.41. The second-order valence-corrected chi connectivity index (χ2v) is 10.4. The smallest absolute Gasteiger partial charge is 0.365 e. The number of amides is 2. The average molecular weight is 535 g/mol. The minimum absolute atomic E-state index is 0.110. The second-order valence-electron chi connectivity index (χ2n) is 10.00. The summed E-state index contributed by atoms with van der Waals surface area (Å²) in [5, 5.41) is 9.73. The Bertz CT molecular complexity index is 1380. The monoisotopic (exact) mass is 534 g/mol. The van der Waals surface area contributed by atoms with Gasteiger partial charge in [0.15, 0.2) is 5.69 Å². The quantitative estimate of drug-likeness (QED) is 0.432. The third-order valence-corrected chi connectivity index (χ3v) is 6.07. The molecule has 0 aliphatic carbocycles. The van der Waals surface area contributed by atoms with Gasteiger partial charge in [-0.25, -0.2) is 4.98 Å². The molecule has 3 heterocycles. The first-order chi connectivity index (χ1) is 17.2. The van der Waals surface area contributed by atoms with Crippen molar-refractivity contribution in [3.63, 3.8) is 0 Å². The first-order valence-corrected chi connectivity index (χ1v) is 11.9. The number of nitrogens with one attached hydrogen (secondary N) is 2. The van der Waals surface area contributed by atoms with Gasteiger partial charge in [-0.15, -0.1) is 0 Å². The van der Waals surface area contributed by atoms with Crippen LogP contribution in [0.25, 0.3) is 0 Å². The van der Waals surface area contributed by atoms with Gasteiger partial charge < -0.3 is 15.5 Å². The summed E-state index contributed by atoms with van der Waals surface area (Å²) in [6.07, 6.45) is -1.80. The molecule has 0 saturated heterocycles. The first kappa shape index (κ1) is 26.5. The molecule has 37 heavy (non-hydrogen) atoms.